The number of hydrogen-bond acceptors (Lipinski definition) is 2. The van der Waals surface area contributed by atoms with Crippen molar-refractivity contribution in [2.24, 2.45) is 0 Å². The Labute approximate surface area is 127 Å². The summed E-state index contributed by atoms with van der Waals surface area (Å²) in [6.45, 7) is 0. The monoisotopic (exact) mass is 287 g/mol. The summed E-state index contributed by atoms with van der Waals surface area (Å²) < 4.78 is 6.86. The molecule has 3 aromatic carbocycles. The highest BCUT2D eigenvalue weighted by atomic mass is 16.4. The number of benzene rings is 3. The average molecular weight is 287 g/mol. The van der Waals surface area contributed by atoms with E-state index in [1.807, 2.05) is 60.7 Å². The first-order chi connectivity index (χ1) is 10.8. The summed E-state index contributed by atoms with van der Waals surface area (Å²) in [5.41, 5.74) is 4.44. The smallest absolute Gasteiger partial charge is 0.407 e. The molecule has 0 aliphatic carbocycles. The molecular weight excluding hydrogens is 274 g/mol. The zero-order chi connectivity index (χ0) is 14.9. The minimum absolute atomic E-state index is 0.367. The third-order valence-corrected chi connectivity index (χ3v) is 3.72. The maximum Gasteiger partial charge on any atom is 0.424 e. The van der Waals surface area contributed by atoms with E-state index in [4.69, 9.17) is 4.42 Å². The van der Waals surface area contributed by atoms with Gasteiger partial charge in [0.15, 0.2) is 5.58 Å². The first kappa shape index (κ1) is 12.7. The number of nitrogens with zero attached hydrogens (tertiary/aromatic N) is 1. The second-order valence-corrected chi connectivity index (χ2v) is 5.08. The topological polar surface area (TPSA) is 35.1 Å². The number of fused-ring (bicyclic) bond motifs is 1. The summed E-state index contributed by atoms with van der Waals surface area (Å²) in [5.74, 6) is -0.367. The van der Waals surface area contributed by atoms with Gasteiger partial charge in [0.25, 0.3) is 0 Å². The fourth-order valence-electron chi connectivity index (χ4n) is 2.64. The lowest BCUT2D eigenvalue weighted by molar-refractivity contribution is 0.540. The van der Waals surface area contributed by atoms with Crippen LogP contribution in [0, 0.1) is 0 Å². The van der Waals surface area contributed by atoms with E-state index < -0.39 is 0 Å². The fraction of sp³-hybridized carbons (Fsp3) is 0. The van der Waals surface area contributed by atoms with E-state index in [1.165, 1.54) is 0 Å². The Kier molecular flexibility index (Phi) is 2.90. The largest absolute Gasteiger partial charge is 0.424 e. The molecule has 0 saturated heterocycles. The Morgan fingerprint density at radius 2 is 1.32 bits per heavy atom. The molecule has 0 bridgehead atoms. The molecule has 1 aromatic heterocycles. The number of para-hydroxylation sites is 2. The summed E-state index contributed by atoms with van der Waals surface area (Å²) in [6, 6.07) is 25.5. The van der Waals surface area contributed by atoms with Crippen LogP contribution >= 0.6 is 0 Å². The number of aromatic nitrogens is 1. The molecule has 0 N–H and O–H groups in total. The van der Waals surface area contributed by atoms with Crippen LogP contribution in [0.25, 0.3) is 27.9 Å². The van der Waals surface area contributed by atoms with Crippen LogP contribution in [-0.2, 0) is 0 Å². The van der Waals surface area contributed by atoms with Gasteiger partial charge < -0.3 is 4.42 Å². The van der Waals surface area contributed by atoms with Gasteiger partial charge in [-0.1, -0.05) is 54.6 Å². The quantitative estimate of drug-likeness (QED) is 0.552. The third kappa shape index (κ3) is 2.04. The van der Waals surface area contributed by atoms with Gasteiger partial charge in [0.2, 0.25) is 0 Å². The highest BCUT2D eigenvalue weighted by molar-refractivity contribution is 5.75. The number of rotatable bonds is 2. The molecule has 0 aliphatic rings. The molecule has 0 radical (unpaired) electrons. The Morgan fingerprint density at radius 1 is 0.682 bits per heavy atom. The van der Waals surface area contributed by atoms with Crippen LogP contribution in [0.4, 0.5) is 0 Å². The summed E-state index contributed by atoms with van der Waals surface area (Å²) in [7, 11) is 0. The molecule has 0 amide bonds. The van der Waals surface area contributed by atoms with E-state index in [1.54, 1.807) is 10.6 Å². The molecular formula is C19H13NO2. The lowest BCUT2D eigenvalue weighted by Gasteiger charge is -2.05. The highest BCUT2D eigenvalue weighted by Gasteiger charge is 2.10. The summed E-state index contributed by atoms with van der Waals surface area (Å²) in [5, 5.41) is 0. The lowest BCUT2D eigenvalue weighted by atomic mass is 10.1. The molecule has 3 nitrogen and oxygen atoms in total. The van der Waals surface area contributed by atoms with Crippen LogP contribution < -0.4 is 5.76 Å². The van der Waals surface area contributed by atoms with Crippen molar-refractivity contribution in [3.05, 3.63) is 89.4 Å². The van der Waals surface area contributed by atoms with Gasteiger partial charge in [-0.25, -0.2) is 9.36 Å². The van der Waals surface area contributed by atoms with Crippen molar-refractivity contribution in [1.29, 1.82) is 0 Å². The van der Waals surface area contributed by atoms with Gasteiger partial charge in [-0.3, -0.25) is 0 Å². The molecule has 0 fully saturated rings. The molecule has 106 valence electrons. The van der Waals surface area contributed by atoms with Crippen molar-refractivity contribution in [3.63, 3.8) is 0 Å². The van der Waals surface area contributed by atoms with Gasteiger partial charge in [0.05, 0.1) is 11.2 Å². The molecule has 0 atom stereocenters. The number of oxazole rings is 1. The molecule has 4 rings (SSSR count). The zero-order valence-corrected chi connectivity index (χ0v) is 11.8. The van der Waals surface area contributed by atoms with E-state index in [0.29, 0.717) is 5.58 Å². The summed E-state index contributed by atoms with van der Waals surface area (Å²) >= 11 is 0. The first-order valence-corrected chi connectivity index (χ1v) is 7.09. The van der Waals surface area contributed by atoms with Crippen molar-refractivity contribution in [1.82, 2.24) is 4.57 Å². The van der Waals surface area contributed by atoms with Crippen LogP contribution in [0.2, 0.25) is 0 Å². The van der Waals surface area contributed by atoms with E-state index in [-0.39, 0.29) is 5.76 Å². The van der Waals surface area contributed by atoms with Crippen molar-refractivity contribution in [2.75, 3.05) is 0 Å². The van der Waals surface area contributed by atoms with Crippen LogP contribution in [0.15, 0.2) is 88.1 Å². The van der Waals surface area contributed by atoms with Gasteiger partial charge in [-0.15, -0.1) is 0 Å². The first-order valence-electron chi connectivity index (χ1n) is 7.09. The molecule has 22 heavy (non-hydrogen) atoms. The Balaban J connectivity index is 1.83. The van der Waals surface area contributed by atoms with E-state index in [0.717, 1.165) is 22.3 Å². The maximum atomic E-state index is 12.1. The predicted octanol–water partition coefficient (Wildman–Crippen LogP) is 4.25. The molecule has 0 unspecified atom stereocenters. The van der Waals surface area contributed by atoms with Gasteiger partial charge in [0, 0.05) is 0 Å². The van der Waals surface area contributed by atoms with Crippen molar-refractivity contribution >= 4 is 11.1 Å². The molecule has 1 heterocycles. The lowest BCUT2D eigenvalue weighted by Crippen LogP contribution is -2.11. The second-order valence-electron chi connectivity index (χ2n) is 5.08. The van der Waals surface area contributed by atoms with Crippen molar-refractivity contribution in [2.45, 2.75) is 0 Å². The molecule has 0 spiro atoms. The van der Waals surface area contributed by atoms with Gasteiger partial charge in [-0.2, -0.15) is 0 Å². The van der Waals surface area contributed by atoms with Gasteiger partial charge in [0.1, 0.15) is 0 Å². The fourth-order valence-corrected chi connectivity index (χ4v) is 2.64. The van der Waals surface area contributed by atoms with E-state index in [9.17, 15) is 4.79 Å². The average Bonchev–Trinajstić information content (AvgIpc) is 2.91. The van der Waals surface area contributed by atoms with Gasteiger partial charge >= 0.3 is 5.76 Å². The molecule has 3 heteroatoms. The Bertz CT molecular complexity index is 979. The molecule has 0 aliphatic heterocycles. The van der Waals surface area contributed by atoms with E-state index in [2.05, 4.69) is 12.1 Å². The van der Waals surface area contributed by atoms with Crippen LogP contribution in [0.5, 0.6) is 0 Å². The SMILES string of the molecule is O=c1oc2ccccc2n1-c1ccc(-c2ccccc2)cc1. The van der Waals surface area contributed by atoms with Gasteiger partial charge in [-0.05, 0) is 35.4 Å². The minimum Gasteiger partial charge on any atom is -0.407 e. The zero-order valence-electron chi connectivity index (χ0n) is 11.8. The van der Waals surface area contributed by atoms with Crippen molar-refractivity contribution in [3.8, 4) is 16.8 Å². The second kappa shape index (κ2) is 5.04. The third-order valence-electron chi connectivity index (χ3n) is 3.72. The van der Waals surface area contributed by atoms with Crippen LogP contribution in [0.3, 0.4) is 0 Å². The molecule has 4 aromatic rings. The van der Waals surface area contributed by atoms with Crippen LogP contribution in [-0.4, -0.2) is 4.57 Å². The van der Waals surface area contributed by atoms with Crippen LogP contribution in [0.1, 0.15) is 0 Å². The minimum atomic E-state index is -0.367. The predicted molar refractivity (Wildman–Crippen MR) is 87.2 cm³/mol. The number of hydrogen-bond donors (Lipinski definition) is 0. The maximum absolute atomic E-state index is 12.1. The van der Waals surface area contributed by atoms with E-state index >= 15 is 0 Å². The highest BCUT2D eigenvalue weighted by Crippen LogP contribution is 2.22. The molecule has 0 saturated carbocycles. The standard InChI is InChI=1S/C19H13NO2/c21-19-20(17-8-4-5-9-18(17)22-19)16-12-10-15(11-13-16)14-6-2-1-3-7-14/h1-13H. The van der Waals surface area contributed by atoms with Crippen molar-refractivity contribution < 1.29 is 4.42 Å². The Morgan fingerprint density at radius 3 is 2.09 bits per heavy atom. The summed E-state index contributed by atoms with van der Waals surface area (Å²) in [4.78, 5) is 12.1. The normalized spacial score (nSPS) is 10.9. The Hall–Kier alpha value is -3.07. The summed E-state index contributed by atoms with van der Waals surface area (Å²) in [6.07, 6.45) is 0.